The topological polar surface area (TPSA) is 36.7 Å². The molecule has 3 heteroatoms. The van der Waals surface area contributed by atoms with Crippen molar-refractivity contribution in [2.75, 3.05) is 0 Å². The van der Waals surface area contributed by atoms with Crippen LogP contribution in [0.4, 0.5) is 0 Å². The van der Waals surface area contributed by atoms with Crippen molar-refractivity contribution in [3.05, 3.63) is 40.0 Å². The summed E-state index contributed by atoms with van der Waals surface area (Å²) in [5, 5.41) is 8.67. The van der Waals surface area contributed by atoms with Gasteiger partial charge in [0, 0.05) is 17.2 Å². The Hall–Kier alpha value is -1.41. The van der Waals surface area contributed by atoms with Crippen LogP contribution in [0.15, 0.2) is 18.2 Å². The van der Waals surface area contributed by atoms with Gasteiger partial charge in [-0.1, -0.05) is 17.7 Å². The SMILES string of the molecule is Cc1cc(C)c2cc(C=N)c(Cl)nc2c1. The molecular formula is C12H11ClN2. The van der Waals surface area contributed by atoms with Gasteiger partial charge in [0.05, 0.1) is 5.52 Å². The number of hydrogen-bond donors (Lipinski definition) is 1. The van der Waals surface area contributed by atoms with Crippen LogP contribution in [0, 0.1) is 19.3 Å². The number of pyridine rings is 1. The van der Waals surface area contributed by atoms with E-state index in [9.17, 15) is 0 Å². The molecule has 1 aromatic carbocycles. The van der Waals surface area contributed by atoms with Gasteiger partial charge in [-0.3, -0.25) is 0 Å². The van der Waals surface area contributed by atoms with Crippen molar-refractivity contribution >= 4 is 28.7 Å². The lowest BCUT2D eigenvalue weighted by atomic mass is 10.0. The monoisotopic (exact) mass is 218 g/mol. The van der Waals surface area contributed by atoms with E-state index in [1.165, 1.54) is 11.8 Å². The average molecular weight is 219 g/mol. The van der Waals surface area contributed by atoms with Crippen LogP contribution in [-0.2, 0) is 0 Å². The van der Waals surface area contributed by atoms with Crippen molar-refractivity contribution < 1.29 is 0 Å². The van der Waals surface area contributed by atoms with Crippen molar-refractivity contribution in [3.8, 4) is 0 Å². The Kier molecular flexibility index (Phi) is 2.45. The smallest absolute Gasteiger partial charge is 0.138 e. The molecule has 2 rings (SSSR count). The van der Waals surface area contributed by atoms with Crippen LogP contribution in [0.1, 0.15) is 16.7 Å². The summed E-state index contributed by atoms with van der Waals surface area (Å²) in [6, 6.07) is 6.01. The van der Waals surface area contributed by atoms with E-state index in [1.807, 2.05) is 26.0 Å². The fourth-order valence-electron chi connectivity index (χ4n) is 1.72. The second kappa shape index (κ2) is 3.63. The molecular weight excluding hydrogens is 208 g/mol. The van der Waals surface area contributed by atoms with Gasteiger partial charge >= 0.3 is 0 Å². The Morgan fingerprint density at radius 3 is 2.67 bits per heavy atom. The first kappa shape index (κ1) is 10.1. The number of halogens is 1. The Labute approximate surface area is 93.4 Å². The van der Waals surface area contributed by atoms with E-state index < -0.39 is 0 Å². The van der Waals surface area contributed by atoms with E-state index in [0.29, 0.717) is 10.7 Å². The quantitative estimate of drug-likeness (QED) is 0.577. The van der Waals surface area contributed by atoms with Crippen LogP contribution in [0.25, 0.3) is 10.9 Å². The summed E-state index contributed by atoms with van der Waals surface area (Å²) in [5.74, 6) is 0. The Morgan fingerprint density at radius 2 is 2.00 bits per heavy atom. The molecule has 0 aliphatic carbocycles. The number of benzene rings is 1. The van der Waals surface area contributed by atoms with E-state index in [1.54, 1.807) is 0 Å². The van der Waals surface area contributed by atoms with E-state index >= 15 is 0 Å². The van der Waals surface area contributed by atoms with Crippen LogP contribution in [0.5, 0.6) is 0 Å². The second-order valence-corrected chi connectivity index (χ2v) is 4.02. The van der Waals surface area contributed by atoms with Crippen molar-refractivity contribution in [3.63, 3.8) is 0 Å². The minimum Gasteiger partial charge on any atom is -0.308 e. The van der Waals surface area contributed by atoms with Gasteiger partial charge in [0.15, 0.2) is 0 Å². The number of hydrogen-bond acceptors (Lipinski definition) is 2. The molecule has 0 atom stereocenters. The molecule has 0 radical (unpaired) electrons. The first-order valence-corrected chi connectivity index (χ1v) is 5.07. The third-order valence-electron chi connectivity index (χ3n) is 2.42. The van der Waals surface area contributed by atoms with Crippen LogP contribution in [-0.4, -0.2) is 11.2 Å². The molecule has 2 nitrogen and oxygen atoms in total. The molecule has 0 fully saturated rings. The Balaban J connectivity index is 2.87. The zero-order valence-corrected chi connectivity index (χ0v) is 9.39. The number of aromatic nitrogens is 1. The maximum atomic E-state index is 7.22. The largest absolute Gasteiger partial charge is 0.308 e. The van der Waals surface area contributed by atoms with Gasteiger partial charge < -0.3 is 5.41 Å². The highest BCUT2D eigenvalue weighted by molar-refractivity contribution is 6.32. The van der Waals surface area contributed by atoms with Gasteiger partial charge in [0.2, 0.25) is 0 Å². The number of aryl methyl sites for hydroxylation is 2. The lowest BCUT2D eigenvalue weighted by Crippen LogP contribution is -1.91. The molecule has 0 saturated carbocycles. The molecule has 76 valence electrons. The first-order valence-electron chi connectivity index (χ1n) is 4.70. The van der Waals surface area contributed by atoms with E-state index in [-0.39, 0.29) is 0 Å². The van der Waals surface area contributed by atoms with Crippen molar-refractivity contribution in [2.24, 2.45) is 0 Å². The molecule has 1 aromatic heterocycles. The maximum Gasteiger partial charge on any atom is 0.138 e. The van der Waals surface area contributed by atoms with Crippen molar-refractivity contribution in [2.45, 2.75) is 13.8 Å². The number of nitrogens with zero attached hydrogens (tertiary/aromatic N) is 1. The summed E-state index contributed by atoms with van der Waals surface area (Å²) in [4.78, 5) is 4.28. The zero-order chi connectivity index (χ0) is 11.0. The molecule has 0 spiro atoms. The Morgan fingerprint density at radius 1 is 1.27 bits per heavy atom. The third-order valence-corrected chi connectivity index (χ3v) is 2.72. The predicted molar refractivity (Wildman–Crippen MR) is 64.1 cm³/mol. The average Bonchev–Trinajstić information content (AvgIpc) is 2.16. The van der Waals surface area contributed by atoms with Gasteiger partial charge in [0.25, 0.3) is 0 Å². The van der Waals surface area contributed by atoms with Gasteiger partial charge in [-0.25, -0.2) is 4.98 Å². The van der Waals surface area contributed by atoms with Crippen molar-refractivity contribution in [1.82, 2.24) is 4.98 Å². The molecule has 0 aliphatic rings. The number of nitrogens with one attached hydrogen (secondary N) is 1. The summed E-state index contributed by atoms with van der Waals surface area (Å²) in [5.41, 5.74) is 3.89. The molecule has 0 bridgehead atoms. The van der Waals surface area contributed by atoms with E-state index in [2.05, 4.69) is 11.1 Å². The predicted octanol–water partition coefficient (Wildman–Crippen LogP) is 3.50. The normalized spacial score (nSPS) is 10.6. The third kappa shape index (κ3) is 1.73. The lowest BCUT2D eigenvalue weighted by molar-refractivity contribution is 1.34. The molecule has 15 heavy (non-hydrogen) atoms. The summed E-state index contributed by atoms with van der Waals surface area (Å²) in [7, 11) is 0. The lowest BCUT2D eigenvalue weighted by Gasteiger charge is -2.05. The van der Waals surface area contributed by atoms with Crippen LogP contribution in [0.2, 0.25) is 5.15 Å². The molecule has 1 N–H and O–H groups in total. The molecule has 0 amide bonds. The highest BCUT2D eigenvalue weighted by atomic mass is 35.5. The summed E-state index contributed by atoms with van der Waals surface area (Å²) < 4.78 is 0. The summed E-state index contributed by atoms with van der Waals surface area (Å²) >= 11 is 5.95. The number of rotatable bonds is 1. The molecule has 0 aliphatic heterocycles. The minimum absolute atomic E-state index is 0.391. The van der Waals surface area contributed by atoms with Crippen LogP contribution < -0.4 is 0 Å². The van der Waals surface area contributed by atoms with Crippen LogP contribution >= 0.6 is 11.6 Å². The van der Waals surface area contributed by atoms with Gasteiger partial charge in [-0.15, -0.1) is 0 Å². The fraction of sp³-hybridized carbons (Fsp3) is 0.167. The second-order valence-electron chi connectivity index (χ2n) is 3.66. The van der Waals surface area contributed by atoms with Crippen molar-refractivity contribution in [1.29, 1.82) is 5.41 Å². The number of fused-ring (bicyclic) bond motifs is 1. The Bertz CT molecular complexity index is 547. The highest BCUT2D eigenvalue weighted by Crippen LogP contribution is 2.23. The maximum absolute atomic E-state index is 7.22. The molecule has 0 saturated heterocycles. The van der Waals surface area contributed by atoms with Gasteiger partial charge in [-0.05, 0) is 37.1 Å². The zero-order valence-electron chi connectivity index (χ0n) is 8.63. The van der Waals surface area contributed by atoms with E-state index in [4.69, 9.17) is 17.0 Å². The highest BCUT2D eigenvalue weighted by Gasteiger charge is 2.05. The van der Waals surface area contributed by atoms with Gasteiger partial charge in [0.1, 0.15) is 5.15 Å². The standard InChI is InChI=1S/C12H11ClN2/c1-7-3-8(2)10-5-9(6-14)12(13)15-11(10)4-7/h3-6,14H,1-2H3. The van der Waals surface area contributed by atoms with Crippen LogP contribution in [0.3, 0.4) is 0 Å². The molecule has 2 aromatic rings. The van der Waals surface area contributed by atoms with Gasteiger partial charge in [-0.2, -0.15) is 0 Å². The summed E-state index contributed by atoms with van der Waals surface area (Å²) in [6.07, 6.45) is 1.23. The fourth-order valence-corrected chi connectivity index (χ4v) is 1.92. The minimum atomic E-state index is 0.391. The summed E-state index contributed by atoms with van der Waals surface area (Å²) in [6.45, 7) is 4.07. The molecule has 1 heterocycles. The van der Waals surface area contributed by atoms with E-state index in [0.717, 1.165) is 16.5 Å². The first-order chi connectivity index (χ1) is 7.11. The molecule has 0 unspecified atom stereocenters.